The number of aromatic nitrogens is 1. The van der Waals surface area contributed by atoms with Crippen molar-refractivity contribution in [3.05, 3.63) is 47.3 Å². The van der Waals surface area contributed by atoms with Gasteiger partial charge >= 0.3 is 0 Å². The van der Waals surface area contributed by atoms with Crippen LogP contribution >= 0.6 is 0 Å². The molecule has 0 bridgehead atoms. The van der Waals surface area contributed by atoms with Gasteiger partial charge in [-0.2, -0.15) is 0 Å². The van der Waals surface area contributed by atoms with Gasteiger partial charge in [0.15, 0.2) is 5.69 Å². The second-order valence-electron chi connectivity index (χ2n) is 4.07. The average molecular weight is 246 g/mol. The molecule has 0 spiro atoms. The molecule has 0 radical (unpaired) electrons. The Morgan fingerprint density at radius 1 is 1.39 bits per heavy atom. The molecule has 2 aromatic rings. The van der Waals surface area contributed by atoms with E-state index in [1.807, 2.05) is 0 Å². The minimum absolute atomic E-state index is 0.243. The summed E-state index contributed by atoms with van der Waals surface area (Å²) in [6.45, 7) is 3.41. The van der Waals surface area contributed by atoms with Crippen molar-refractivity contribution in [1.29, 1.82) is 0 Å². The summed E-state index contributed by atoms with van der Waals surface area (Å²) in [5, 5.41) is 15.7. The molecule has 1 heterocycles. The number of nitrogens with zero attached hydrogens (tertiary/aromatic N) is 1. The second-order valence-corrected chi connectivity index (χ2v) is 4.07. The summed E-state index contributed by atoms with van der Waals surface area (Å²) in [4.78, 5) is 11.8. The Balaban J connectivity index is 2.07. The third-order valence-corrected chi connectivity index (χ3v) is 2.51. The van der Waals surface area contributed by atoms with Crippen molar-refractivity contribution >= 4 is 11.6 Å². The molecule has 5 heteroatoms. The van der Waals surface area contributed by atoms with Crippen molar-refractivity contribution in [3.8, 4) is 0 Å². The first-order valence-electron chi connectivity index (χ1n) is 5.59. The van der Waals surface area contributed by atoms with Gasteiger partial charge in [0.1, 0.15) is 5.76 Å². The molecular formula is C13H14N2O3. The summed E-state index contributed by atoms with van der Waals surface area (Å²) < 4.78 is 4.83. The van der Waals surface area contributed by atoms with Crippen molar-refractivity contribution in [1.82, 2.24) is 5.16 Å². The van der Waals surface area contributed by atoms with E-state index in [2.05, 4.69) is 10.5 Å². The Kier molecular flexibility index (Phi) is 3.43. The van der Waals surface area contributed by atoms with Crippen LogP contribution in [0.5, 0.6) is 0 Å². The first-order valence-corrected chi connectivity index (χ1v) is 5.59. The van der Waals surface area contributed by atoms with Crippen molar-refractivity contribution in [2.75, 3.05) is 5.32 Å². The number of rotatable bonds is 3. The van der Waals surface area contributed by atoms with E-state index < -0.39 is 6.10 Å². The first-order chi connectivity index (χ1) is 8.56. The van der Waals surface area contributed by atoms with Crippen LogP contribution < -0.4 is 5.32 Å². The summed E-state index contributed by atoms with van der Waals surface area (Å²) in [5.41, 5.74) is 1.68. The van der Waals surface area contributed by atoms with Gasteiger partial charge in [-0.05, 0) is 31.5 Å². The summed E-state index contributed by atoms with van der Waals surface area (Å²) in [5.74, 6) is 0.265. The molecule has 2 N–H and O–H groups in total. The maximum Gasteiger partial charge on any atom is 0.277 e. The van der Waals surface area contributed by atoms with Gasteiger partial charge in [0, 0.05) is 11.8 Å². The molecule has 0 saturated carbocycles. The molecule has 0 saturated heterocycles. The summed E-state index contributed by atoms with van der Waals surface area (Å²) >= 11 is 0. The molecule has 18 heavy (non-hydrogen) atoms. The molecule has 0 aliphatic rings. The van der Waals surface area contributed by atoms with E-state index in [0.717, 1.165) is 5.56 Å². The maximum atomic E-state index is 11.8. The number of carbonyl (C=O) groups excluding carboxylic acids is 1. The number of amides is 1. The van der Waals surface area contributed by atoms with Crippen LogP contribution in [0.1, 0.15) is 34.8 Å². The molecule has 1 aromatic carbocycles. The zero-order valence-electron chi connectivity index (χ0n) is 10.2. The van der Waals surface area contributed by atoms with Crippen LogP contribution in [0.15, 0.2) is 34.9 Å². The predicted octanol–water partition coefficient (Wildman–Crippen LogP) is 2.29. The Morgan fingerprint density at radius 3 is 2.56 bits per heavy atom. The zero-order chi connectivity index (χ0) is 13.1. The van der Waals surface area contributed by atoms with Crippen LogP contribution in [0, 0.1) is 6.92 Å². The van der Waals surface area contributed by atoms with Gasteiger partial charge in [-0.25, -0.2) is 0 Å². The molecule has 1 aromatic heterocycles. The van der Waals surface area contributed by atoms with Gasteiger partial charge in [-0.15, -0.1) is 0 Å². The van der Waals surface area contributed by atoms with Crippen LogP contribution in [-0.4, -0.2) is 16.2 Å². The molecule has 0 fully saturated rings. The quantitative estimate of drug-likeness (QED) is 0.871. The molecule has 1 unspecified atom stereocenters. The lowest BCUT2D eigenvalue weighted by atomic mass is 10.1. The van der Waals surface area contributed by atoms with E-state index in [9.17, 15) is 9.90 Å². The van der Waals surface area contributed by atoms with Gasteiger partial charge in [-0.3, -0.25) is 4.79 Å². The highest BCUT2D eigenvalue weighted by molar-refractivity contribution is 6.02. The minimum Gasteiger partial charge on any atom is -0.389 e. The number of hydrogen-bond acceptors (Lipinski definition) is 4. The summed E-state index contributed by atoms with van der Waals surface area (Å²) in [7, 11) is 0. The van der Waals surface area contributed by atoms with Gasteiger partial charge in [-0.1, -0.05) is 17.3 Å². The van der Waals surface area contributed by atoms with E-state index in [4.69, 9.17) is 4.52 Å². The minimum atomic E-state index is -0.520. The third-order valence-electron chi connectivity index (χ3n) is 2.51. The number of aliphatic hydroxyl groups is 1. The standard InChI is InChI=1S/C13H14N2O3/c1-8-7-12(15-18-8)13(17)14-11-5-3-10(4-6-11)9(2)16/h3-7,9,16H,1-2H3,(H,14,17). The first kappa shape index (κ1) is 12.3. The fourth-order valence-electron chi connectivity index (χ4n) is 1.51. The number of aliphatic hydroxyl groups excluding tert-OH is 1. The molecule has 0 aliphatic heterocycles. The van der Waals surface area contributed by atoms with Crippen molar-refractivity contribution in [3.63, 3.8) is 0 Å². The normalized spacial score (nSPS) is 12.2. The largest absolute Gasteiger partial charge is 0.389 e. The molecule has 94 valence electrons. The van der Waals surface area contributed by atoms with Crippen LogP contribution in [0.25, 0.3) is 0 Å². The molecular weight excluding hydrogens is 232 g/mol. The Bertz CT molecular complexity index is 544. The zero-order valence-corrected chi connectivity index (χ0v) is 10.2. The second kappa shape index (κ2) is 5.01. The Labute approximate surface area is 104 Å². The third kappa shape index (κ3) is 2.75. The molecule has 2 rings (SSSR count). The predicted molar refractivity (Wildman–Crippen MR) is 66.3 cm³/mol. The Hall–Kier alpha value is -2.14. The van der Waals surface area contributed by atoms with E-state index >= 15 is 0 Å². The van der Waals surface area contributed by atoms with Crippen molar-refractivity contribution in [2.24, 2.45) is 0 Å². The average Bonchev–Trinajstić information content (AvgIpc) is 2.76. The van der Waals surface area contributed by atoms with Crippen molar-refractivity contribution in [2.45, 2.75) is 20.0 Å². The summed E-state index contributed by atoms with van der Waals surface area (Å²) in [6, 6.07) is 8.54. The number of aryl methyl sites for hydroxylation is 1. The lowest BCUT2D eigenvalue weighted by Crippen LogP contribution is -2.12. The van der Waals surface area contributed by atoms with Crippen LogP contribution in [0.4, 0.5) is 5.69 Å². The SMILES string of the molecule is Cc1cc(C(=O)Nc2ccc(C(C)O)cc2)no1. The fraction of sp³-hybridized carbons (Fsp3) is 0.231. The molecule has 1 amide bonds. The lowest BCUT2D eigenvalue weighted by Gasteiger charge is -2.06. The number of carbonyl (C=O) groups is 1. The van der Waals surface area contributed by atoms with Crippen LogP contribution in [0.2, 0.25) is 0 Å². The number of nitrogens with one attached hydrogen (secondary N) is 1. The number of benzene rings is 1. The molecule has 0 aliphatic carbocycles. The van der Waals surface area contributed by atoms with Crippen molar-refractivity contribution < 1.29 is 14.4 Å². The van der Waals surface area contributed by atoms with Gasteiger partial charge in [0.25, 0.3) is 5.91 Å². The topological polar surface area (TPSA) is 75.4 Å². The van der Waals surface area contributed by atoms with Crippen LogP contribution in [0.3, 0.4) is 0 Å². The van der Waals surface area contributed by atoms with Crippen LogP contribution in [-0.2, 0) is 0 Å². The monoisotopic (exact) mass is 246 g/mol. The van der Waals surface area contributed by atoms with E-state index in [0.29, 0.717) is 11.4 Å². The molecule has 1 atom stereocenters. The van der Waals surface area contributed by atoms with Gasteiger partial charge in [0.2, 0.25) is 0 Å². The lowest BCUT2D eigenvalue weighted by molar-refractivity contribution is 0.101. The Morgan fingerprint density at radius 2 is 2.06 bits per heavy atom. The number of hydrogen-bond donors (Lipinski definition) is 2. The maximum absolute atomic E-state index is 11.8. The van der Waals surface area contributed by atoms with Gasteiger partial charge < -0.3 is 14.9 Å². The van der Waals surface area contributed by atoms with E-state index in [1.165, 1.54) is 0 Å². The smallest absolute Gasteiger partial charge is 0.277 e. The molecule has 5 nitrogen and oxygen atoms in total. The summed E-state index contributed by atoms with van der Waals surface area (Å²) in [6.07, 6.45) is -0.520. The highest BCUT2D eigenvalue weighted by Gasteiger charge is 2.11. The fourth-order valence-corrected chi connectivity index (χ4v) is 1.51. The highest BCUT2D eigenvalue weighted by atomic mass is 16.5. The van der Waals surface area contributed by atoms with Gasteiger partial charge in [0.05, 0.1) is 6.10 Å². The highest BCUT2D eigenvalue weighted by Crippen LogP contribution is 2.16. The van der Waals surface area contributed by atoms with E-state index in [1.54, 1.807) is 44.2 Å². The van der Waals surface area contributed by atoms with E-state index in [-0.39, 0.29) is 11.6 Å². The number of anilines is 1.